The standard InChI is InChI=1S/C9H8N4OS/c14-8-7(6-2-1-5-15-6)11-12-9-10-3-4-13(8)9/h1-2,5H,3-4H2,(H,10,12). The molecule has 0 spiro atoms. The summed E-state index contributed by atoms with van der Waals surface area (Å²) < 4.78 is 1.63. The molecule has 5 nitrogen and oxygen atoms in total. The molecule has 0 fully saturated rings. The molecule has 0 saturated carbocycles. The molecule has 2 aromatic rings. The second-order valence-corrected chi connectivity index (χ2v) is 4.18. The smallest absolute Gasteiger partial charge is 0.282 e. The van der Waals surface area contributed by atoms with E-state index in [4.69, 9.17) is 0 Å². The lowest BCUT2D eigenvalue weighted by molar-refractivity contribution is 0.744. The van der Waals surface area contributed by atoms with E-state index in [2.05, 4.69) is 15.5 Å². The van der Waals surface area contributed by atoms with Crippen molar-refractivity contribution in [2.75, 3.05) is 11.9 Å². The van der Waals surface area contributed by atoms with Crippen molar-refractivity contribution in [1.82, 2.24) is 14.8 Å². The van der Waals surface area contributed by atoms with Gasteiger partial charge in [0.05, 0.1) is 4.88 Å². The zero-order valence-corrected chi connectivity index (χ0v) is 8.62. The van der Waals surface area contributed by atoms with Gasteiger partial charge in [0.1, 0.15) is 0 Å². The van der Waals surface area contributed by atoms with E-state index in [9.17, 15) is 4.79 Å². The molecule has 2 aromatic heterocycles. The summed E-state index contributed by atoms with van der Waals surface area (Å²) in [5, 5.41) is 12.9. The Morgan fingerprint density at radius 2 is 2.40 bits per heavy atom. The lowest BCUT2D eigenvalue weighted by Crippen LogP contribution is -2.22. The molecular weight excluding hydrogens is 212 g/mol. The molecule has 6 heteroatoms. The van der Waals surface area contributed by atoms with Crippen LogP contribution in [-0.4, -0.2) is 21.3 Å². The van der Waals surface area contributed by atoms with E-state index in [-0.39, 0.29) is 5.56 Å². The van der Waals surface area contributed by atoms with Crippen molar-refractivity contribution in [3.63, 3.8) is 0 Å². The van der Waals surface area contributed by atoms with Gasteiger partial charge in [-0.15, -0.1) is 21.5 Å². The lowest BCUT2D eigenvalue weighted by atomic mass is 10.3. The van der Waals surface area contributed by atoms with E-state index in [1.165, 1.54) is 11.3 Å². The van der Waals surface area contributed by atoms with Crippen LogP contribution in [0.1, 0.15) is 0 Å². The molecule has 1 N–H and O–H groups in total. The van der Waals surface area contributed by atoms with E-state index in [1.54, 1.807) is 4.57 Å². The average Bonchev–Trinajstić information content (AvgIpc) is 2.87. The van der Waals surface area contributed by atoms with Gasteiger partial charge in [-0.2, -0.15) is 0 Å². The fourth-order valence-electron chi connectivity index (χ4n) is 1.60. The van der Waals surface area contributed by atoms with Gasteiger partial charge in [0.2, 0.25) is 5.95 Å². The summed E-state index contributed by atoms with van der Waals surface area (Å²) in [5.74, 6) is 0.570. The molecular formula is C9H8N4OS. The zero-order chi connectivity index (χ0) is 10.3. The Morgan fingerprint density at radius 3 is 3.20 bits per heavy atom. The highest BCUT2D eigenvalue weighted by atomic mass is 32.1. The van der Waals surface area contributed by atoms with Crippen LogP contribution in [-0.2, 0) is 6.54 Å². The van der Waals surface area contributed by atoms with Crippen LogP contribution in [0.4, 0.5) is 5.95 Å². The number of aromatic nitrogens is 3. The van der Waals surface area contributed by atoms with Crippen LogP contribution in [0.5, 0.6) is 0 Å². The average molecular weight is 220 g/mol. The quantitative estimate of drug-likeness (QED) is 0.772. The maximum absolute atomic E-state index is 12.0. The lowest BCUT2D eigenvalue weighted by Gasteiger charge is -2.01. The minimum atomic E-state index is -0.0625. The van der Waals surface area contributed by atoms with Gasteiger partial charge in [-0.1, -0.05) is 6.07 Å². The predicted molar refractivity (Wildman–Crippen MR) is 58.1 cm³/mol. The molecule has 0 saturated heterocycles. The molecule has 0 unspecified atom stereocenters. The Balaban J connectivity index is 2.23. The molecule has 0 aliphatic carbocycles. The molecule has 0 radical (unpaired) electrons. The Kier molecular flexibility index (Phi) is 1.81. The molecule has 0 atom stereocenters. The maximum Gasteiger partial charge on any atom is 0.282 e. The molecule has 3 rings (SSSR count). The third kappa shape index (κ3) is 1.25. The van der Waals surface area contributed by atoms with Gasteiger partial charge in [0, 0.05) is 13.1 Å². The van der Waals surface area contributed by atoms with E-state index >= 15 is 0 Å². The molecule has 15 heavy (non-hydrogen) atoms. The molecule has 0 aromatic carbocycles. The van der Waals surface area contributed by atoms with Crippen LogP contribution in [0.2, 0.25) is 0 Å². The third-order valence-corrected chi connectivity index (χ3v) is 3.20. The highest BCUT2D eigenvalue weighted by Gasteiger charge is 2.17. The molecule has 1 aliphatic rings. The van der Waals surface area contributed by atoms with Crippen molar-refractivity contribution in [3.8, 4) is 10.6 Å². The van der Waals surface area contributed by atoms with Crippen LogP contribution in [0.3, 0.4) is 0 Å². The third-order valence-electron chi connectivity index (χ3n) is 2.32. The Bertz CT molecular complexity index is 546. The van der Waals surface area contributed by atoms with Gasteiger partial charge < -0.3 is 5.32 Å². The summed E-state index contributed by atoms with van der Waals surface area (Å²) in [4.78, 5) is 12.9. The van der Waals surface area contributed by atoms with Crippen LogP contribution >= 0.6 is 11.3 Å². The Morgan fingerprint density at radius 1 is 1.47 bits per heavy atom. The first kappa shape index (κ1) is 8.60. The highest BCUT2D eigenvalue weighted by molar-refractivity contribution is 7.13. The molecule has 1 aliphatic heterocycles. The Hall–Kier alpha value is -1.69. The molecule has 76 valence electrons. The van der Waals surface area contributed by atoms with E-state index < -0.39 is 0 Å². The topological polar surface area (TPSA) is 59.8 Å². The first-order valence-corrected chi connectivity index (χ1v) is 5.49. The van der Waals surface area contributed by atoms with Crippen LogP contribution in [0, 0.1) is 0 Å². The predicted octanol–water partition coefficient (Wildman–Crippen LogP) is 0.792. The summed E-state index contributed by atoms with van der Waals surface area (Å²) in [6.07, 6.45) is 0. The fraction of sp³-hybridized carbons (Fsp3) is 0.222. The second-order valence-electron chi connectivity index (χ2n) is 3.23. The number of nitrogens with one attached hydrogen (secondary N) is 1. The van der Waals surface area contributed by atoms with Gasteiger partial charge in [0.25, 0.3) is 5.56 Å². The van der Waals surface area contributed by atoms with Crippen LogP contribution in [0.15, 0.2) is 22.3 Å². The minimum absolute atomic E-state index is 0.0625. The van der Waals surface area contributed by atoms with Crippen molar-refractivity contribution in [2.24, 2.45) is 0 Å². The van der Waals surface area contributed by atoms with Crippen molar-refractivity contribution < 1.29 is 0 Å². The second kappa shape index (κ2) is 3.16. The molecule has 0 amide bonds. The number of thiophene rings is 1. The van der Waals surface area contributed by atoms with Crippen LogP contribution in [0.25, 0.3) is 10.6 Å². The number of hydrogen-bond donors (Lipinski definition) is 1. The summed E-state index contributed by atoms with van der Waals surface area (Å²) in [6.45, 7) is 1.42. The normalized spacial score (nSPS) is 13.6. The number of rotatable bonds is 1. The van der Waals surface area contributed by atoms with Crippen molar-refractivity contribution in [1.29, 1.82) is 0 Å². The largest absolute Gasteiger partial charge is 0.352 e. The minimum Gasteiger partial charge on any atom is -0.352 e. The maximum atomic E-state index is 12.0. The monoisotopic (exact) mass is 220 g/mol. The van der Waals surface area contributed by atoms with E-state index in [1.807, 2.05) is 17.5 Å². The van der Waals surface area contributed by atoms with Gasteiger partial charge in [-0.05, 0) is 11.4 Å². The highest BCUT2D eigenvalue weighted by Crippen LogP contribution is 2.19. The van der Waals surface area contributed by atoms with E-state index in [0.29, 0.717) is 18.2 Å². The molecule has 3 heterocycles. The fourth-order valence-corrected chi connectivity index (χ4v) is 2.30. The summed E-state index contributed by atoms with van der Waals surface area (Å²) in [7, 11) is 0. The number of hydrogen-bond acceptors (Lipinski definition) is 5. The number of fused-ring (bicyclic) bond motifs is 1. The first-order valence-electron chi connectivity index (χ1n) is 4.61. The van der Waals surface area contributed by atoms with Gasteiger partial charge >= 0.3 is 0 Å². The number of nitrogens with zero attached hydrogens (tertiary/aromatic N) is 3. The summed E-state index contributed by atoms with van der Waals surface area (Å²) in [6, 6.07) is 3.78. The summed E-state index contributed by atoms with van der Waals surface area (Å²) in [5.41, 5.74) is 0.380. The van der Waals surface area contributed by atoms with Gasteiger partial charge in [-0.3, -0.25) is 9.36 Å². The van der Waals surface area contributed by atoms with Crippen molar-refractivity contribution >= 4 is 17.3 Å². The van der Waals surface area contributed by atoms with Crippen molar-refractivity contribution in [2.45, 2.75) is 6.54 Å². The van der Waals surface area contributed by atoms with Crippen molar-refractivity contribution in [3.05, 3.63) is 27.9 Å². The zero-order valence-electron chi connectivity index (χ0n) is 7.80. The van der Waals surface area contributed by atoms with Crippen LogP contribution < -0.4 is 10.9 Å². The van der Waals surface area contributed by atoms with E-state index in [0.717, 1.165) is 11.4 Å². The SMILES string of the molecule is O=c1c(-c2cccs2)nnc2n1CCN2. The number of anilines is 1. The Labute approximate surface area is 89.4 Å². The van der Waals surface area contributed by atoms with Gasteiger partial charge in [0.15, 0.2) is 5.69 Å². The summed E-state index contributed by atoms with van der Waals surface area (Å²) >= 11 is 1.50. The van der Waals surface area contributed by atoms with Gasteiger partial charge in [-0.25, -0.2) is 0 Å². The first-order chi connectivity index (χ1) is 7.36. The molecule has 0 bridgehead atoms.